The lowest BCUT2D eigenvalue weighted by Crippen LogP contribution is -1.94. The van der Waals surface area contributed by atoms with Crippen LogP contribution in [-0.2, 0) is 0 Å². The van der Waals surface area contributed by atoms with Crippen molar-refractivity contribution in [3.05, 3.63) is 42.5 Å². The highest BCUT2D eigenvalue weighted by atomic mass is 16.5. The molecule has 0 aliphatic rings. The summed E-state index contributed by atoms with van der Waals surface area (Å²) in [4.78, 5) is 0. The predicted molar refractivity (Wildman–Crippen MR) is 92.0 cm³/mol. The molecule has 3 rings (SSSR count). The average molecular weight is 327 g/mol. The molecule has 5 nitrogen and oxygen atoms in total. The van der Waals surface area contributed by atoms with Gasteiger partial charge in [0.2, 0.25) is 0 Å². The molecule has 0 amide bonds. The van der Waals surface area contributed by atoms with E-state index in [-0.39, 0.29) is 5.75 Å². The summed E-state index contributed by atoms with van der Waals surface area (Å²) >= 11 is 0. The van der Waals surface area contributed by atoms with Gasteiger partial charge in [0.1, 0.15) is 16.9 Å². The number of phenols is 1. The van der Waals surface area contributed by atoms with Crippen molar-refractivity contribution in [3.8, 4) is 34.3 Å². The van der Waals surface area contributed by atoms with Crippen LogP contribution in [-0.4, -0.2) is 25.9 Å². The highest BCUT2D eigenvalue weighted by Crippen LogP contribution is 2.37. The highest BCUT2D eigenvalue weighted by Gasteiger charge is 2.21. The Bertz CT molecular complexity index is 873. The van der Waals surface area contributed by atoms with Gasteiger partial charge in [-0.25, -0.2) is 4.42 Å². The summed E-state index contributed by atoms with van der Waals surface area (Å²) in [6, 6.07) is 12.5. The normalized spacial score (nSPS) is 10.6. The molecular formula is C19H19O5+. The van der Waals surface area contributed by atoms with E-state index < -0.39 is 0 Å². The first kappa shape index (κ1) is 15.9. The molecule has 3 aromatic rings. The number of benzene rings is 2. The van der Waals surface area contributed by atoms with Gasteiger partial charge in [0, 0.05) is 18.2 Å². The molecule has 0 aliphatic carbocycles. The van der Waals surface area contributed by atoms with E-state index in [0.29, 0.717) is 29.4 Å². The molecule has 1 aromatic heterocycles. The van der Waals surface area contributed by atoms with Gasteiger partial charge in [0.15, 0.2) is 11.5 Å². The second kappa shape index (κ2) is 6.66. The van der Waals surface area contributed by atoms with Crippen LogP contribution < -0.4 is 14.2 Å². The zero-order valence-electron chi connectivity index (χ0n) is 13.8. The standard InChI is InChI=1S/C19H18O5/c1-4-23-18-11-17(12-5-7-15(20)19(9-12)22-3)24-16-8-6-13(21-2)10-14(16)18/h5-11H,4H2,1-3H3/p+1. The van der Waals surface area contributed by atoms with Gasteiger partial charge in [-0.05, 0) is 25.1 Å². The minimum absolute atomic E-state index is 0.0804. The van der Waals surface area contributed by atoms with E-state index in [1.807, 2.05) is 31.2 Å². The Morgan fingerprint density at radius 2 is 1.79 bits per heavy atom. The Kier molecular flexibility index (Phi) is 4.42. The predicted octanol–water partition coefficient (Wildman–Crippen LogP) is 4.50. The molecule has 0 spiro atoms. The lowest BCUT2D eigenvalue weighted by atomic mass is 10.1. The Morgan fingerprint density at radius 1 is 0.958 bits per heavy atom. The lowest BCUT2D eigenvalue weighted by molar-refractivity contribution is 0.342. The second-order valence-electron chi connectivity index (χ2n) is 5.16. The van der Waals surface area contributed by atoms with E-state index in [4.69, 9.17) is 18.6 Å². The zero-order chi connectivity index (χ0) is 17.1. The number of aromatic hydroxyl groups is 1. The second-order valence-corrected chi connectivity index (χ2v) is 5.16. The fourth-order valence-electron chi connectivity index (χ4n) is 2.51. The first-order chi connectivity index (χ1) is 11.7. The van der Waals surface area contributed by atoms with Crippen LogP contribution in [0.4, 0.5) is 0 Å². The van der Waals surface area contributed by atoms with Crippen molar-refractivity contribution in [1.29, 1.82) is 0 Å². The Balaban J connectivity index is 2.18. The SMILES string of the molecule is CCOc1cc(-c2ccc(O)c(OC)c2)[o+]c2ccc(OC)cc12. The first-order valence-corrected chi connectivity index (χ1v) is 7.61. The smallest absolute Gasteiger partial charge is 0.364 e. The van der Waals surface area contributed by atoms with Crippen LogP contribution in [0.15, 0.2) is 46.9 Å². The molecule has 0 bridgehead atoms. The van der Waals surface area contributed by atoms with Gasteiger partial charge in [0.25, 0.3) is 0 Å². The summed E-state index contributed by atoms with van der Waals surface area (Å²) in [5.74, 6) is 2.53. The molecule has 24 heavy (non-hydrogen) atoms. The molecule has 0 aliphatic heterocycles. The van der Waals surface area contributed by atoms with Gasteiger partial charge < -0.3 is 19.3 Å². The maximum atomic E-state index is 9.76. The minimum Gasteiger partial charge on any atom is -0.504 e. The molecule has 0 fully saturated rings. The molecule has 124 valence electrons. The molecule has 0 unspecified atom stereocenters. The topological polar surface area (TPSA) is 59.2 Å². The van der Waals surface area contributed by atoms with E-state index in [9.17, 15) is 5.11 Å². The van der Waals surface area contributed by atoms with E-state index in [1.165, 1.54) is 7.11 Å². The first-order valence-electron chi connectivity index (χ1n) is 7.61. The number of ether oxygens (including phenoxy) is 3. The molecule has 1 heterocycles. The van der Waals surface area contributed by atoms with Crippen LogP contribution in [0.2, 0.25) is 0 Å². The summed E-state index contributed by atoms with van der Waals surface area (Å²) in [6.07, 6.45) is 0. The Morgan fingerprint density at radius 3 is 2.50 bits per heavy atom. The summed E-state index contributed by atoms with van der Waals surface area (Å²) in [5.41, 5.74) is 1.46. The van der Waals surface area contributed by atoms with E-state index in [0.717, 1.165) is 16.7 Å². The maximum absolute atomic E-state index is 9.76. The van der Waals surface area contributed by atoms with Crippen LogP contribution in [0.5, 0.6) is 23.0 Å². The summed E-state index contributed by atoms with van der Waals surface area (Å²) < 4.78 is 22.2. The van der Waals surface area contributed by atoms with E-state index in [2.05, 4.69) is 0 Å². The monoisotopic (exact) mass is 327 g/mol. The lowest BCUT2D eigenvalue weighted by Gasteiger charge is -2.06. The number of fused-ring (bicyclic) bond motifs is 1. The number of methoxy groups -OCH3 is 2. The van der Waals surface area contributed by atoms with Gasteiger partial charge >= 0.3 is 11.3 Å². The van der Waals surface area contributed by atoms with Crippen LogP contribution in [0.3, 0.4) is 0 Å². The Labute approximate surface area is 140 Å². The quantitative estimate of drug-likeness (QED) is 0.699. The summed E-state index contributed by atoms with van der Waals surface area (Å²) in [6.45, 7) is 2.47. The van der Waals surface area contributed by atoms with Crippen molar-refractivity contribution in [2.75, 3.05) is 20.8 Å². The largest absolute Gasteiger partial charge is 0.504 e. The van der Waals surface area contributed by atoms with Crippen molar-refractivity contribution >= 4 is 11.0 Å². The van der Waals surface area contributed by atoms with Crippen LogP contribution in [0.1, 0.15) is 6.92 Å². The Hall–Kier alpha value is -2.95. The van der Waals surface area contributed by atoms with Gasteiger partial charge in [-0.15, -0.1) is 0 Å². The third-order valence-electron chi connectivity index (χ3n) is 3.70. The van der Waals surface area contributed by atoms with E-state index in [1.54, 1.807) is 25.3 Å². The molecule has 0 atom stereocenters. The van der Waals surface area contributed by atoms with Gasteiger partial charge in [0.05, 0.1) is 32.5 Å². The average Bonchev–Trinajstić information content (AvgIpc) is 2.62. The molecule has 0 saturated heterocycles. The van der Waals surface area contributed by atoms with Gasteiger partial charge in [-0.3, -0.25) is 0 Å². The molecule has 0 saturated carbocycles. The number of hydrogen-bond donors (Lipinski definition) is 1. The van der Waals surface area contributed by atoms with Crippen molar-refractivity contribution in [3.63, 3.8) is 0 Å². The third-order valence-corrected chi connectivity index (χ3v) is 3.70. The number of rotatable bonds is 5. The number of phenolic OH excluding ortho intramolecular Hbond substituents is 1. The fourth-order valence-corrected chi connectivity index (χ4v) is 2.51. The van der Waals surface area contributed by atoms with Gasteiger partial charge in [-0.1, -0.05) is 0 Å². The minimum atomic E-state index is 0.0804. The van der Waals surface area contributed by atoms with Crippen molar-refractivity contribution in [2.24, 2.45) is 0 Å². The van der Waals surface area contributed by atoms with Crippen LogP contribution in [0.25, 0.3) is 22.3 Å². The molecule has 1 N–H and O–H groups in total. The van der Waals surface area contributed by atoms with E-state index >= 15 is 0 Å². The number of hydrogen-bond acceptors (Lipinski definition) is 4. The third kappa shape index (κ3) is 2.93. The summed E-state index contributed by atoms with van der Waals surface area (Å²) in [7, 11) is 3.13. The van der Waals surface area contributed by atoms with Crippen LogP contribution >= 0.6 is 0 Å². The zero-order valence-corrected chi connectivity index (χ0v) is 13.8. The maximum Gasteiger partial charge on any atom is 0.364 e. The molecule has 2 aromatic carbocycles. The molecular weight excluding hydrogens is 308 g/mol. The van der Waals surface area contributed by atoms with Crippen molar-refractivity contribution in [1.82, 2.24) is 0 Å². The van der Waals surface area contributed by atoms with Crippen molar-refractivity contribution in [2.45, 2.75) is 6.92 Å². The van der Waals surface area contributed by atoms with Crippen molar-refractivity contribution < 1.29 is 23.7 Å². The molecule has 0 radical (unpaired) electrons. The van der Waals surface area contributed by atoms with Gasteiger partial charge in [-0.2, -0.15) is 0 Å². The van der Waals surface area contributed by atoms with Crippen LogP contribution in [0, 0.1) is 0 Å². The summed E-state index contributed by atoms with van der Waals surface area (Å²) in [5, 5.41) is 10.6. The molecule has 5 heteroatoms. The fraction of sp³-hybridized carbons (Fsp3) is 0.211. The highest BCUT2D eigenvalue weighted by molar-refractivity contribution is 5.87.